The zero-order valence-corrected chi connectivity index (χ0v) is 13.9. The van der Waals surface area contributed by atoms with E-state index < -0.39 is 5.97 Å². The number of benzene rings is 2. The van der Waals surface area contributed by atoms with Crippen molar-refractivity contribution in [1.29, 1.82) is 0 Å². The molecule has 3 rings (SSSR count). The van der Waals surface area contributed by atoms with E-state index in [2.05, 4.69) is 4.99 Å². The van der Waals surface area contributed by atoms with Crippen molar-refractivity contribution in [1.82, 2.24) is 0 Å². The Balaban J connectivity index is 1.85. The summed E-state index contributed by atoms with van der Waals surface area (Å²) >= 11 is 0. The number of nitrogens with zero attached hydrogens (tertiary/aromatic N) is 1. The highest BCUT2D eigenvalue weighted by Gasteiger charge is 2.24. The van der Waals surface area contributed by atoms with Gasteiger partial charge in [-0.1, -0.05) is 42.5 Å². The van der Waals surface area contributed by atoms with Crippen LogP contribution in [0.4, 0.5) is 0 Å². The fourth-order valence-electron chi connectivity index (χ4n) is 2.29. The standard InChI is InChI=1S/C20H17NO4/c1-23-16-11-15(12-17(13-16)24-2)19-21-18(20(22)25-19)10-6-9-14-7-4-3-5-8-14/h3-13H,1-2H3/b9-6+,18-10+. The summed E-state index contributed by atoms with van der Waals surface area (Å²) in [4.78, 5) is 16.3. The van der Waals surface area contributed by atoms with Crippen LogP contribution in [-0.4, -0.2) is 26.1 Å². The summed E-state index contributed by atoms with van der Waals surface area (Å²) in [5.41, 5.74) is 1.89. The summed E-state index contributed by atoms with van der Waals surface area (Å²) < 4.78 is 15.7. The van der Waals surface area contributed by atoms with Crippen molar-refractivity contribution in [3.05, 3.63) is 77.5 Å². The lowest BCUT2D eigenvalue weighted by atomic mass is 10.2. The minimum Gasteiger partial charge on any atom is -0.497 e. The summed E-state index contributed by atoms with van der Waals surface area (Å²) in [6.45, 7) is 0. The van der Waals surface area contributed by atoms with Crippen LogP contribution in [0.1, 0.15) is 11.1 Å². The number of methoxy groups -OCH3 is 2. The van der Waals surface area contributed by atoms with E-state index in [1.165, 1.54) is 0 Å². The summed E-state index contributed by atoms with van der Waals surface area (Å²) in [7, 11) is 3.11. The molecule has 0 saturated carbocycles. The average molecular weight is 335 g/mol. The number of carbonyl (C=O) groups excluding carboxylic acids is 1. The van der Waals surface area contributed by atoms with Crippen LogP contribution in [-0.2, 0) is 9.53 Å². The number of hydrogen-bond acceptors (Lipinski definition) is 5. The van der Waals surface area contributed by atoms with Gasteiger partial charge in [0.2, 0.25) is 5.90 Å². The van der Waals surface area contributed by atoms with Gasteiger partial charge in [0.1, 0.15) is 11.5 Å². The van der Waals surface area contributed by atoms with Crippen molar-refractivity contribution in [3.8, 4) is 11.5 Å². The number of aliphatic imine (C=N–C) groups is 1. The normalized spacial score (nSPS) is 15.4. The smallest absolute Gasteiger partial charge is 0.363 e. The van der Waals surface area contributed by atoms with E-state index in [4.69, 9.17) is 14.2 Å². The lowest BCUT2D eigenvalue weighted by Crippen LogP contribution is -2.06. The largest absolute Gasteiger partial charge is 0.497 e. The molecular weight excluding hydrogens is 318 g/mol. The molecule has 5 heteroatoms. The van der Waals surface area contributed by atoms with Crippen molar-refractivity contribution in [2.24, 2.45) is 4.99 Å². The lowest BCUT2D eigenvalue weighted by Gasteiger charge is -2.07. The molecule has 0 bridgehead atoms. The third-order valence-corrected chi connectivity index (χ3v) is 3.56. The molecule has 126 valence electrons. The maximum atomic E-state index is 12.0. The molecule has 0 N–H and O–H groups in total. The second-order valence-electron chi connectivity index (χ2n) is 5.23. The van der Waals surface area contributed by atoms with Gasteiger partial charge in [-0.3, -0.25) is 0 Å². The predicted molar refractivity (Wildman–Crippen MR) is 95.7 cm³/mol. The second-order valence-corrected chi connectivity index (χ2v) is 5.23. The van der Waals surface area contributed by atoms with Crippen LogP contribution in [0.15, 0.2) is 71.4 Å². The number of hydrogen-bond donors (Lipinski definition) is 0. The number of esters is 1. The van der Waals surface area contributed by atoms with Gasteiger partial charge in [-0.2, -0.15) is 0 Å². The number of ether oxygens (including phenoxy) is 3. The van der Waals surface area contributed by atoms with Crippen molar-refractivity contribution in [2.45, 2.75) is 0 Å². The molecule has 0 amide bonds. The van der Waals surface area contributed by atoms with Crippen LogP contribution in [0.3, 0.4) is 0 Å². The Hall–Kier alpha value is -3.34. The highest BCUT2D eigenvalue weighted by Crippen LogP contribution is 2.25. The van der Waals surface area contributed by atoms with Crippen LogP contribution < -0.4 is 9.47 Å². The molecule has 0 aliphatic carbocycles. The first-order valence-electron chi connectivity index (χ1n) is 7.67. The molecule has 0 radical (unpaired) electrons. The highest BCUT2D eigenvalue weighted by molar-refractivity contribution is 6.11. The molecule has 5 nitrogen and oxygen atoms in total. The Kier molecular flexibility index (Phi) is 4.95. The Bertz CT molecular complexity index is 844. The molecule has 0 saturated heterocycles. The zero-order valence-electron chi connectivity index (χ0n) is 13.9. The predicted octanol–water partition coefficient (Wildman–Crippen LogP) is 3.60. The van der Waals surface area contributed by atoms with Gasteiger partial charge >= 0.3 is 5.97 Å². The maximum absolute atomic E-state index is 12.0. The summed E-state index contributed by atoms with van der Waals surface area (Å²) in [5.74, 6) is 0.917. The van der Waals surface area contributed by atoms with Crippen LogP contribution in [0, 0.1) is 0 Å². The van der Waals surface area contributed by atoms with E-state index >= 15 is 0 Å². The quantitative estimate of drug-likeness (QED) is 0.619. The molecule has 25 heavy (non-hydrogen) atoms. The van der Waals surface area contributed by atoms with Gasteiger partial charge in [0.05, 0.1) is 14.2 Å². The number of allylic oxidation sites excluding steroid dienone is 2. The third-order valence-electron chi connectivity index (χ3n) is 3.56. The van der Waals surface area contributed by atoms with Crippen molar-refractivity contribution >= 4 is 17.9 Å². The van der Waals surface area contributed by atoms with E-state index in [0.29, 0.717) is 17.1 Å². The van der Waals surface area contributed by atoms with Crippen LogP contribution in [0.2, 0.25) is 0 Å². The fraction of sp³-hybridized carbons (Fsp3) is 0.100. The van der Waals surface area contributed by atoms with Crippen LogP contribution >= 0.6 is 0 Å². The fourth-order valence-corrected chi connectivity index (χ4v) is 2.29. The molecule has 0 aromatic heterocycles. The molecular formula is C20H17NO4. The van der Waals surface area contributed by atoms with Gasteiger partial charge in [-0.05, 0) is 23.8 Å². The van der Waals surface area contributed by atoms with Gasteiger partial charge in [-0.15, -0.1) is 0 Å². The molecule has 0 atom stereocenters. The SMILES string of the molecule is COc1cc(OC)cc(C2=N/C(=C/C=C/c3ccccc3)C(=O)O2)c1. The Morgan fingerprint density at radius 1 is 1.00 bits per heavy atom. The summed E-state index contributed by atoms with van der Waals surface area (Å²) in [5, 5.41) is 0. The van der Waals surface area contributed by atoms with Gasteiger partial charge in [0.15, 0.2) is 5.70 Å². The van der Waals surface area contributed by atoms with E-state index in [0.717, 1.165) is 5.56 Å². The van der Waals surface area contributed by atoms with Gasteiger partial charge in [0, 0.05) is 11.6 Å². The van der Waals surface area contributed by atoms with E-state index in [-0.39, 0.29) is 11.6 Å². The minimum atomic E-state index is -0.491. The first kappa shape index (κ1) is 16.5. The van der Waals surface area contributed by atoms with Crippen molar-refractivity contribution in [2.75, 3.05) is 14.2 Å². The minimum absolute atomic E-state index is 0.224. The molecule has 1 heterocycles. The van der Waals surface area contributed by atoms with Crippen LogP contribution in [0.25, 0.3) is 6.08 Å². The highest BCUT2D eigenvalue weighted by atomic mass is 16.6. The first-order valence-corrected chi connectivity index (χ1v) is 7.67. The van der Waals surface area contributed by atoms with Gasteiger partial charge in [-0.25, -0.2) is 9.79 Å². The number of rotatable bonds is 5. The maximum Gasteiger partial charge on any atom is 0.363 e. The molecule has 1 aliphatic rings. The van der Waals surface area contributed by atoms with E-state index in [1.807, 2.05) is 36.4 Å². The summed E-state index contributed by atoms with van der Waals surface area (Å²) in [6.07, 6.45) is 5.28. The van der Waals surface area contributed by atoms with Crippen LogP contribution in [0.5, 0.6) is 11.5 Å². The molecule has 2 aromatic rings. The van der Waals surface area contributed by atoms with Crippen molar-refractivity contribution < 1.29 is 19.0 Å². The molecule has 1 aliphatic heterocycles. The molecule has 0 spiro atoms. The van der Waals surface area contributed by atoms with Crippen molar-refractivity contribution in [3.63, 3.8) is 0 Å². The lowest BCUT2D eigenvalue weighted by molar-refractivity contribution is -0.130. The Morgan fingerprint density at radius 3 is 2.32 bits per heavy atom. The molecule has 2 aromatic carbocycles. The Labute approximate surface area is 145 Å². The monoisotopic (exact) mass is 335 g/mol. The first-order chi connectivity index (χ1) is 12.2. The number of carbonyl (C=O) groups is 1. The van der Waals surface area contributed by atoms with E-state index in [1.54, 1.807) is 44.6 Å². The third kappa shape index (κ3) is 3.95. The topological polar surface area (TPSA) is 57.1 Å². The van der Waals surface area contributed by atoms with Gasteiger partial charge in [0.25, 0.3) is 0 Å². The summed E-state index contributed by atoms with van der Waals surface area (Å²) in [6, 6.07) is 15.0. The second kappa shape index (κ2) is 7.49. The molecule has 0 fully saturated rings. The zero-order chi connectivity index (χ0) is 17.6. The van der Waals surface area contributed by atoms with Gasteiger partial charge < -0.3 is 14.2 Å². The number of cyclic esters (lactones) is 1. The van der Waals surface area contributed by atoms with E-state index in [9.17, 15) is 4.79 Å². The molecule has 0 unspecified atom stereocenters. The average Bonchev–Trinajstić information content (AvgIpc) is 3.03. The Morgan fingerprint density at radius 2 is 1.68 bits per heavy atom.